The molecule has 0 radical (unpaired) electrons. The van der Waals surface area contributed by atoms with Crippen LogP contribution in [0.1, 0.15) is 39.0 Å². The van der Waals surface area contributed by atoms with Crippen LogP contribution in [0.2, 0.25) is 0 Å². The summed E-state index contributed by atoms with van der Waals surface area (Å²) in [7, 11) is 1.73. The molecule has 0 atom stereocenters. The van der Waals surface area contributed by atoms with Crippen LogP contribution in [-0.4, -0.2) is 78.2 Å². The highest BCUT2D eigenvalue weighted by Crippen LogP contribution is 2.14. The van der Waals surface area contributed by atoms with Gasteiger partial charge < -0.3 is 24.3 Å². The number of rotatable bonds is 11. The summed E-state index contributed by atoms with van der Waals surface area (Å²) in [5.41, 5.74) is 0. The number of methoxy groups -OCH3 is 1. The van der Waals surface area contributed by atoms with Crippen LogP contribution in [0.15, 0.2) is 17.6 Å². The molecule has 8 heteroatoms. The molecule has 1 fully saturated rings. The van der Waals surface area contributed by atoms with Gasteiger partial charge in [-0.25, -0.2) is 0 Å². The van der Waals surface area contributed by atoms with E-state index in [1.165, 1.54) is 0 Å². The van der Waals surface area contributed by atoms with Crippen LogP contribution in [0.3, 0.4) is 0 Å². The monoisotopic (exact) mass is 366 g/mol. The summed E-state index contributed by atoms with van der Waals surface area (Å²) in [5, 5.41) is 11.1. The maximum atomic E-state index is 5.94. The van der Waals surface area contributed by atoms with Gasteiger partial charge in [-0.2, -0.15) is 0 Å². The molecule has 148 valence electrons. The standard InChI is InChI=1S/C18H34N6O2/c1-3-19-18(20-9-4-5-10-23-15-21-22-16-23)24-11-7-17(8-12-24)26-14-6-13-25-2/h15-17H,3-14H2,1-2H3,(H,19,20). The summed E-state index contributed by atoms with van der Waals surface area (Å²) >= 11 is 0. The van der Waals surface area contributed by atoms with E-state index >= 15 is 0 Å². The number of likely N-dealkylation sites (tertiary alicyclic amines) is 1. The van der Waals surface area contributed by atoms with Gasteiger partial charge in [-0.05, 0) is 39.0 Å². The summed E-state index contributed by atoms with van der Waals surface area (Å²) in [5.74, 6) is 1.04. The highest BCUT2D eigenvalue weighted by Gasteiger charge is 2.21. The molecule has 1 N–H and O–H groups in total. The zero-order valence-electron chi connectivity index (χ0n) is 16.3. The third kappa shape index (κ3) is 7.70. The predicted molar refractivity (Wildman–Crippen MR) is 102 cm³/mol. The fourth-order valence-electron chi connectivity index (χ4n) is 3.04. The Kier molecular flexibility index (Phi) is 10.0. The van der Waals surface area contributed by atoms with Crippen LogP contribution in [0.4, 0.5) is 0 Å². The number of piperidine rings is 1. The molecule has 1 aliphatic heterocycles. The number of aliphatic imine (C=N–C) groups is 1. The summed E-state index contributed by atoms with van der Waals surface area (Å²) in [4.78, 5) is 7.16. The summed E-state index contributed by atoms with van der Waals surface area (Å²) in [6, 6.07) is 0. The summed E-state index contributed by atoms with van der Waals surface area (Å²) < 4.78 is 13.0. The smallest absolute Gasteiger partial charge is 0.193 e. The maximum Gasteiger partial charge on any atom is 0.193 e. The molecule has 0 saturated carbocycles. The molecule has 1 aromatic heterocycles. The van der Waals surface area contributed by atoms with Gasteiger partial charge in [0.15, 0.2) is 5.96 Å². The fourth-order valence-corrected chi connectivity index (χ4v) is 3.04. The van der Waals surface area contributed by atoms with E-state index in [9.17, 15) is 0 Å². The number of nitrogens with zero attached hydrogens (tertiary/aromatic N) is 5. The lowest BCUT2D eigenvalue weighted by molar-refractivity contribution is 0.00990. The van der Waals surface area contributed by atoms with Crippen LogP contribution in [-0.2, 0) is 16.0 Å². The van der Waals surface area contributed by atoms with Gasteiger partial charge in [-0.15, -0.1) is 10.2 Å². The first kappa shape index (κ1) is 20.6. The largest absolute Gasteiger partial charge is 0.385 e. The molecule has 0 aromatic carbocycles. The van der Waals surface area contributed by atoms with E-state index in [0.717, 1.165) is 84.0 Å². The number of ether oxygens (including phenoxy) is 2. The van der Waals surface area contributed by atoms with Crippen molar-refractivity contribution < 1.29 is 9.47 Å². The van der Waals surface area contributed by atoms with E-state index in [4.69, 9.17) is 14.5 Å². The van der Waals surface area contributed by atoms with Crippen LogP contribution < -0.4 is 5.32 Å². The van der Waals surface area contributed by atoms with Gasteiger partial charge in [0.2, 0.25) is 0 Å². The van der Waals surface area contributed by atoms with E-state index < -0.39 is 0 Å². The van der Waals surface area contributed by atoms with Crippen molar-refractivity contribution in [1.29, 1.82) is 0 Å². The molecule has 1 aliphatic rings. The lowest BCUT2D eigenvalue weighted by Crippen LogP contribution is -2.47. The predicted octanol–water partition coefficient (Wildman–Crippen LogP) is 1.54. The zero-order valence-corrected chi connectivity index (χ0v) is 16.3. The SMILES string of the molecule is CCNC(=NCCCCn1cnnc1)N1CCC(OCCCOC)CC1. The van der Waals surface area contributed by atoms with E-state index in [2.05, 4.69) is 27.3 Å². The second-order valence-electron chi connectivity index (χ2n) is 6.55. The molecule has 0 bridgehead atoms. The number of aryl methyl sites for hydroxylation is 1. The number of unbranched alkanes of at least 4 members (excludes halogenated alkanes) is 1. The van der Waals surface area contributed by atoms with Crippen molar-refractivity contribution in [2.45, 2.75) is 51.7 Å². The second kappa shape index (κ2) is 12.6. The molecule has 2 rings (SSSR count). The Balaban J connectivity index is 1.66. The van der Waals surface area contributed by atoms with E-state index in [0.29, 0.717) is 6.10 Å². The minimum absolute atomic E-state index is 0.370. The normalized spacial score (nSPS) is 16.2. The van der Waals surface area contributed by atoms with E-state index in [1.54, 1.807) is 19.8 Å². The zero-order chi connectivity index (χ0) is 18.5. The van der Waals surface area contributed by atoms with Crippen molar-refractivity contribution in [3.8, 4) is 0 Å². The highest BCUT2D eigenvalue weighted by molar-refractivity contribution is 5.80. The summed E-state index contributed by atoms with van der Waals surface area (Å²) in [6.45, 7) is 8.37. The molecule has 0 spiro atoms. The van der Waals surface area contributed by atoms with Crippen LogP contribution in [0.25, 0.3) is 0 Å². The molecule has 0 unspecified atom stereocenters. The number of guanidine groups is 1. The molecule has 1 saturated heterocycles. The topological polar surface area (TPSA) is 76.8 Å². The average molecular weight is 367 g/mol. The maximum absolute atomic E-state index is 5.94. The average Bonchev–Trinajstić information content (AvgIpc) is 3.18. The van der Waals surface area contributed by atoms with Crippen LogP contribution >= 0.6 is 0 Å². The first-order chi connectivity index (χ1) is 12.8. The van der Waals surface area contributed by atoms with Crippen LogP contribution in [0.5, 0.6) is 0 Å². The minimum atomic E-state index is 0.370. The van der Waals surface area contributed by atoms with Gasteiger partial charge in [-0.1, -0.05) is 0 Å². The summed E-state index contributed by atoms with van der Waals surface area (Å²) in [6.07, 6.45) is 9.12. The van der Waals surface area contributed by atoms with Crippen molar-refractivity contribution in [1.82, 2.24) is 25.0 Å². The van der Waals surface area contributed by atoms with Crippen LogP contribution in [0, 0.1) is 0 Å². The Bertz CT molecular complexity index is 486. The van der Waals surface area contributed by atoms with E-state index in [1.807, 2.05) is 4.57 Å². The van der Waals surface area contributed by atoms with Crippen molar-refractivity contribution >= 4 is 5.96 Å². The quantitative estimate of drug-likeness (QED) is 0.364. The molecular weight excluding hydrogens is 332 g/mol. The Labute approximate surface area is 157 Å². The first-order valence-corrected chi connectivity index (χ1v) is 9.79. The molecule has 0 amide bonds. The number of hydrogen-bond acceptors (Lipinski definition) is 5. The van der Waals surface area contributed by atoms with Gasteiger partial charge in [0.25, 0.3) is 0 Å². The third-order valence-corrected chi connectivity index (χ3v) is 4.48. The molecule has 26 heavy (non-hydrogen) atoms. The van der Waals surface area contributed by atoms with Crippen molar-refractivity contribution in [3.05, 3.63) is 12.7 Å². The lowest BCUT2D eigenvalue weighted by Gasteiger charge is -2.34. The molecular formula is C18H34N6O2. The Morgan fingerprint density at radius 1 is 1.15 bits per heavy atom. The van der Waals surface area contributed by atoms with Gasteiger partial charge in [-0.3, -0.25) is 4.99 Å². The van der Waals surface area contributed by atoms with E-state index in [-0.39, 0.29) is 0 Å². The van der Waals surface area contributed by atoms with Crippen molar-refractivity contribution in [2.75, 3.05) is 46.5 Å². The lowest BCUT2D eigenvalue weighted by atomic mass is 10.1. The Morgan fingerprint density at radius 2 is 1.92 bits per heavy atom. The minimum Gasteiger partial charge on any atom is -0.385 e. The van der Waals surface area contributed by atoms with Crippen molar-refractivity contribution in [2.24, 2.45) is 4.99 Å². The Hall–Kier alpha value is -1.67. The van der Waals surface area contributed by atoms with Gasteiger partial charge in [0.1, 0.15) is 12.7 Å². The van der Waals surface area contributed by atoms with Gasteiger partial charge in [0.05, 0.1) is 6.10 Å². The molecule has 8 nitrogen and oxygen atoms in total. The van der Waals surface area contributed by atoms with Gasteiger partial charge in [0, 0.05) is 53.0 Å². The Morgan fingerprint density at radius 3 is 2.62 bits per heavy atom. The number of nitrogens with one attached hydrogen (secondary N) is 1. The number of aromatic nitrogens is 3. The highest BCUT2D eigenvalue weighted by atomic mass is 16.5. The second-order valence-corrected chi connectivity index (χ2v) is 6.55. The van der Waals surface area contributed by atoms with Crippen molar-refractivity contribution in [3.63, 3.8) is 0 Å². The fraction of sp³-hybridized carbons (Fsp3) is 0.833. The number of hydrogen-bond donors (Lipinski definition) is 1. The third-order valence-electron chi connectivity index (χ3n) is 4.48. The van der Waals surface area contributed by atoms with Gasteiger partial charge >= 0.3 is 0 Å². The first-order valence-electron chi connectivity index (χ1n) is 9.79. The molecule has 0 aliphatic carbocycles. The molecule has 2 heterocycles. The molecule has 1 aromatic rings.